The van der Waals surface area contributed by atoms with Crippen molar-refractivity contribution in [2.45, 2.75) is 71.1 Å². The van der Waals surface area contributed by atoms with E-state index in [1.54, 1.807) is 0 Å². The maximum Gasteiger partial charge on any atom is 0.133 e. The van der Waals surface area contributed by atoms with Gasteiger partial charge in [-0.2, -0.15) is 0 Å². The highest BCUT2D eigenvalue weighted by molar-refractivity contribution is 5.78. The summed E-state index contributed by atoms with van der Waals surface area (Å²) in [4.78, 5) is 11.8. The first-order valence-corrected chi connectivity index (χ1v) is 8.08. The van der Waals surface area contributed by atoms with E-state index in [9.17, 15) is 4.79 Å². The normalized spacial score (nSPS) is 10.7. The van der Waals surface area contributed by atoms with Crippen molar-refractivity contribution in [1.82, 2.24) is 0 Å². The van der Waals surface area contributed by atoms with Crippen LogP contribution < -0.4 is 5.73 Å². The van der Waals surface area contributed by atoms with Crippen LogP contribution in [0, 0.1) is 0 Å². The van der Waals surface area contributed by atoms with Crippen LogP contribution in [0.1, 0.15) is 70.3 Å². The van der Waals surface area contributed by atoms with Gasteiger partial charge in [0, 0.05) is 18.5 Å². The second-order valence-corrected chi connectivity index (χ2v) is 5.65. The van der Waals surface area contributed by atoms with E-state index in [1.165, 1.54) is 44.1 Å². The summed E-state index contributed by atoms with van der Waals surface area (Å²) < 4.78 is 0. The first-order chi connectivity index (χ1) is 9.72. The molecule has 0 saturated heterocycles. The molecule has 0 aliphatic carbocycles. The molecule has 112 valence electrons. The summed E-state index contributed by atoms with van der Waals surface area (Å²) in [6.45, 7) is 2.24. The fourth-order valence-corrected chi connectivity index (χ4v) is 2.37. The molecule has 0 aliphatic heterocycles. The number of nitrogen functional groups attached to an aromatic ring is 1. The summed E-state index contributed by atoms with van der Waals surface area (Å²) in [5.41, 5.74) is 7.62. The summed E-state index contributed by atoms with van der Waals surface area (Å²) in [6, 6.07) is 7.82. The van der Waals surface area contributed by atoms with Gasteiger partial charge < -0.3 is 5.73 Å². The Hall–Kier alpha value is -1.31. The molecule has 0 saturated carbocycles. The van der Waals surface area contributed by atoms with Crippen molar-refractivity contribution in [1.29, 1.82) is 0 Å². The Morgan fingerprint density at radius 1 is 0.900 bits per heavy atom. The number of anilines is 1. The number of hydrogen-bond donors (Lipinski definition) is 1. The van der Waals surface area contributed by atoms with Crippen LogP contribution in [0.4, 0.5) is 5.69 Å². The molecule has 20 heavy (non-hydrogen) atoms. The SMILES string of the molecule is CCCCCCCCCC(=O)CCc1ccc(N)cc1. The lowest BCUT2D eigenvalue weighted by molar-refractivity contribution is -0.119. The number of hydrogen-bond acceptors (Lipinski definition) is 2. The number of nitrogens with two attached hydrogens (primary N) is 1. The zero-order valence-electron chi connectivity index (χ0n) is 12.9. The van der Waals surface area contributed by atoms with Crippen molar-refractivity contribution in [3.05, 3.63) is 29.8 Å². The van der Waals surface area contributed by atoms with Gasteiger partial charge in [-0.05, 0) is 30.5 Å². The number of benzene rings is 1. The molecule has 1 aromatic rings. The molecule has 1 rings (SSSR count). The van der Waals surface area contributed by atoms with Crippen LogP contribution in [-0.4, -0.2) is 5.78 Å². The largest absolute Gasteiger partial charge is 0.399 e. The molecule has 0 fully saturated rings. The summed E-state index contributed by atoms with van der Waals surface area (Å²) in [6.07, 6.45) is 11.1. The van der Waals surface area contributed by atoms with Crippen LogP contribution in [0.2, 0.25) is 0 Å². The first kappa shape index (κ1) is 16.7. The van der Waals surface area contributed by atoms with Crippen molar-refractivity contribution in [2.75, 3.05) is 5.73 Å². The summed E-state index contributed by atoms with van der Waals surface area (Å²) in [5.74, 6) is 0.399. The van der Waals surface area contributed by atoms with Gasteiger partial charge in [0.2, 0.25) is 0 Å². The molecule has 0 bridgehead atoms. The van der Waals surface area contributed by atoms with Gasteiger partial charge in [0.1, 0.15) is 5.78 Å². The molecule has 0 aliphatic rings. The number of unbranched alkanes of at least 4 members (excludes halogenated alkanes) is 6. The molecule has 0 aromatic heterocycles. The summed E-state index contributed by atoms with van der Waals surface area (Å²) in [7, 11) is 0. The van der Waals surface area contributed by atoms with Gasteiger partial charge in [0.05, 0.1) is 0 Å². The Labute approximate surface area is 123 Å². The zero-order valence-corrected chi connectivity index (χ0v) is 12.9. The quantitative estimate of drug-likeness (QED) is 0.460. The molecule has 0 heterocycles. The van der Waals surface area contributed by atoms with E-state index in [0.717, 1.165) is 24.9 Å². The van der Waals surface area contributed by atoms with Gasteiger partial charge in [-0.15, -0.1) is 0 Å². The van der Waals surface area contributed by atoms with Gasteiger partial charge >= 0.3 is 0 Å². The molecule has 2 heteroatoms. The Kier molecular flexibility index (Phi) is 8.77. The van der Waals surface area contributed by atoms with Crippen LogP contribution >= 0.6 is 0 Å². The van der Waals surface area contributed by atoms with E-state index in [0.29, 0.717) is 12.2 Å². The molecular weight excluding hydrogens is 246 g/mol. The molecule has 1 aromatic carbocycles. The van der Waals surface area contributed by atoms with Crippen LogP contribution in [-0.2, 0) is 11.2 Å². The highest BCUT2D eigenvalue weighted by Gasteiger charge is 2.03. The lowest BCUT2D eigenvalue weighted by atomic mass is 10.0. The van der Waals surface area contributed by atoms with E-state index >= 15 is 0 Å². The third kappa shape index (κ3) is 7.98. The zero-order chi connectivity index (χ0) is 14.6. The molecular formula is C18H29NO. The number of Topliss-reactive ketones (excluding diaryl/α,β-unsaturated/α-hetero) is 1. The predicted octanol–water partition coefficient (Wildman–Crippen LogP) is 4.91. The fourth-order valence-electron chi connectivity index (χ4n) is 2.37. The van der Waals surface area contributed by atoms with Gasteiger partial charge in [-0.3, -0.25) is 4.79 Å². The maximum absolute atomic E-state index is 11.8. The van der Waals surface area contributed by atoms with Gasteiger partial charge in [0.15, 0.2) is 0 Å². The number of rotatable bonds is 11. The third-order valence-corrected chi connectivity index (χ3v) is 3.73. The average Bonchev–Trinajstić information content (AvgIpc) is 2.46. The fraction of sp³-hybridized carbons (Fsp3) is 0.611. The minimum atomic E-state index is 0.399. The standard InChI is InChI=1S/C18H29NO/c1-2-3-4-5-6-7-8-9-18(20)15-12-16-10-13-17(19)14-11-16/h10-11,13-14H,2-9,12,15,19H2,1H3. The molecule has 0 unspecified atom stereocenters. The topological polar surface area (TPSA) is 43.1 Å². The predicted molar refractivity (Wildman–Crippen MR) is 86.8 cm³/mol. The van der Waals surface area contributed by atoms with Crippen LogP contribution in [0.3, 0.4) is 0 Å². The number of carbonyl (C=O) groups is 1. The van der Waals surface area contributed by atoms with E-state index < -0.39 is 0 Å². The van der Waals surface area contributed by atoms with Crippen molar-refractivity contribution in [3.63, 3.8) is 0 Å². The minimum Gasteiger partial charge on any atom is -0.399 e. The Bertz CT molecular complexity index is 370. The smallest absolute Gasteiger partial charge is 0.133 e. The minimum absolute atomic E-state index is 0.399. The van der Waals surface area contributed by atoms with Gasteiger partial charge in [0.25, 0.3) is 0 Å². The molecule has 2 N–H and O–H groups in total. The second-order valence-electron chi connectivity index (χ2n) is 5.65. The third-order valence-electron chi connectivity index (χ3n) is 3.73. The van der Waals surface area contributed by atoms with Gasteiger partial charge in [-0.1, -0.05) is 57.6 Å². The highest BCUT2D eigenvalue weighted by atomic mass is 16.1. The number of ketones is 1. The average molecular weight is 275 g/mol. The summed E-state index contributed by atoms with van der Waals surface area (Å²) >= 11 is 0. The lowest BCUT2D eigenvalue weighted by Gasteiger charge is -2.03. The molecule has 0 atom stereocenters. The van der Waals surface area contributed by atoms with Crippen LogP contribution in [0.5, 0.6) is 0 Å². The Balaban J connectivity index is 2.01. The van der Waals surface area contributed by atoms with Crippen molar-refractivity contribution >= 4 is 11.5 Å². The van der Waals surface area contributed by atoms with E-state index in [-0.39, 0.29) is 0 Å². The van der Waals surface area contributed by atoms with E-state index in [2.05, 4.69) is 6.92 Å². The van der Waals surface area contributed by atoms with Gasteiger partial charge in [-0.25, -0.2) is 0 Å². The lowest BCUT2D eigenvalue weighted by Crippen LogP contribution is -2.00. The van der Waals surface area contributed by atoms with Crippen LogP contribution in [0.15, 0.2) is 24.3 Å². The Morgan fingerprint density at radius 2 is 1.50 bits per heavy atom. The molecule has 0 radical (unpaired) electrons. The first-order valence-electron chi connectivity index (χ1n) is 8.08. The second kappa shape index (κ2) is 10.5. The summed E-state index contributed by atoms with van der Waals surface area (Å²) in [5, 5.41) is 0. The number of carbonyl (C=O) groups excluding carboxylic acids is 1. The Morgan fingerprint density at radius 3 is 2.15 bits per heavy atom. The van der Waals surface area contributed by atoms with E-state index in [4.69, 9.17) is 5.73 Å². The monoisotopic (exact) mass is 275 g/mol. The van der Waals surface area contributed by atoms with Crippen molar-refractivity contribution < 1.29 is 4.79 Å². The van der Waals surface area contributed by atoms with E-state index in [1.807, 2.05) is 24.3 Å². The molecule has 0 spiro atoms. The van der Waals surface area contributed by atoms with Crippen LogP contribution in [0.25, 0.3) is 0 Å². The highest BCUT2D eigenvalue weighted by Crippen LogP contribution is 2.11. The molecule has 0 amide bonds. The molecule has 2 nitrogen and oxygen atoms in total. The van der Waals surface area contributed by atoms with Crippen molar-refractivity contribution in [2.24, 2.45) is 0 Å². The maximum atomic E-state index is 11.8. The van der Waals surface area contributed by atoms with Crippen molar-refractivity contribution in [3.8, 4) is 0 Å². The number of aryl methyl sites for hydroxylation is 1.